The summed E-state index contributed by atoms with van der Waals surface area (Å²) in [6.45, 7) is -0.241. The van der Waals surface area contributed by atoms with Crippen molar-refractivity contribution in [3.05, 3.63) is 63.1 Å². The Kier molecular flexibility index (Phi) is 7.33. The molecule has 5 N–H and O–H groups in total. The molecular weight excluding hydrogens is 508 g/mol. The van der Waals surface area contributed by atoms with Crippen LogP contribution in [0.4, 0.5) is 5.82 Å². The number of aliphatic hydroxyl groups is 2. The lowest BCUT2D eigenvalue weighted by Crippen LogP contribution is -2.24. The first-order valence-corrected chi connectivity index (χ1v) is 12.8. The van der Waals surface area contributed by atoms with E-state index in [-0.39, 0.29) is 40.8 Å². The molecule has 14 heteroatoms. The van der Waals surface area contributed by atoms with E-state index in [1.807, 2.05) is 0 Å². The van der Waals surface area contributed by atoms with Crippen molar-refractivity contribution in [1.29, 1.82) is 0 Å². The maximum absolute atomic E-state index is 13.2. The van der Waals surface area contributed by atoms with Gasteiger partial charge in [-0.25, -0.2) is 15.1 Å². The Bertz CT molecular complexity index is 1280. The van der Waals surface area contributed by atoms with Crippen molar-refractivity contribution in [3.63, 3.8) is 0 Å². The van der Waals surface area contributed by atoms with E-state index in [9.17, 15) is 23.4 Å². The standard InChI is InChI=1S/C20H21ClN4O7S2/c21-17-2-1-15(32-17)18(27)11-4-16(33-8-11)19(28)13-6-23-9-24-20(13)25-12-3-10(14(26)5-12)7-31-34(22,29)30/h1-2,4,6,8-10,12,14,18,26-27H,3,5,7H2,(H2,22,29,30)(H,23,24,25)/t10-,12-,14+,18-/m1/s1. The van der Waals surface area contributed by atoms with Gasteiger partial charge in [0.25, 0.3) is 0 Å². The van der Waals surface area contributed by atoms with Gasteiger partial charge in [0.15, 0.2) is 5.22 Å². The number of nitrogens with two attached hydrogens (primary N) is 1. The van der Waals surface area contributed by atoms with Gasteiger partial charge in [0.2, 0.25) is 5.78 Å². The normalized spacial score (nSPS) is 21.5. The number of carbonyl (C=O) groups is 1. The molecule has 3 aromatic heterocycles. The number of furan rings is 1. The highest BCUT2D eigenvalue weighted by atomic mass is 35.5. The van der Waals surface area contributed by atoms with Crippen molar-refractivity contribution < 1.29 is 32.0 Å². The number of nitrogens with zero attached hydrogens (tertiary/aromatic N) is 2. The Hall–Kier alpha value is -2.39. The zero-order valence-electron chi connectivity index (χ0n) is 17.5. The summed E-state index contributed by atoms with van der Waals surface area (Å²) in [5.74, 6) is -0.267. The topological polar surface area (TPSA) is 178 Å². The van der Waals surface area contributed by atoms with Gasteiger partial charge in [-0.05, 0) is 53.6 Å². The van der Waals surface area contributed by atoms with Crippen LogP contribution in [0.3, 0.4) is 0 Å². The molecule has 0 bridgehead atoms. The molecule has 1 fully saturated rings. The minimum absolute atomic E-state index is 0.146. The van der Waals surface area contributed by atoms with Crippen molar-refractivity contribution in [2.24, 2.45) is 11.1 Å². The zero-order valence-corrected chi connectivity index (χ0v) is 19.9. The fraction of sp³-hybridized carbons (Fsp3) is 0.350. The van der Waals surface area contributed by atoms with E-state index < -0.39 is 28.4 Å². The fourth-order valence-corrected chi connectivity index (χ4v) is 5.17. The monoisotopic (exact) mass is 528 g/mol. The number of carbonyl (C=O) groups excluding carboxylic acids is 1. The molecule has 3 heterocycles. The van der Waals surface area contributed by atoms with Crippen molar-refractivity contribution in [3.8, 4) is 0 Å². The highest BCUT2D eigenvalue weighted by Gasteiger charge is 2.35. The third kappa shape index (κ3) is 5.81. The fourth-order valence-electron chi connectivity index (χ4n) is 3.77. The molecule has 4 rings (SSSR count). The second-order valence-corrected chi connectivity index (χ2v) is 10.3. The molecular formula is C20H21ClN4O7S2. The van der Waals surface area contributed by atoms with Gasteiger partial charge < -0.3 is 19.9 Å². The summed E-state index contributed by atoms with van der Waals surface area (Å²) in [5, 5.41) is 30.5. The summed E-state index contributed by atoms with van der Waals surface area (Å²) < 4.78 is 31.9. The van der Waals surface area contributed by atoms with E-state index in [0.29, 0.717) is 23.3 Å². The Morgan fingerprint density at radius 1 is 1.41 bits per heavy atom. The molecule has 182 valence electrons. The van der Waals surface area contributed by atoms with E-state index in [4.69, 9.17) is 21.2 Å². The van der Waals surface area contributed by atoms with Crippen LogP contribution in [-0.4, -0.2) is 53.1 Å². The van der Waals surface area contributed by atoms with Crippen LogP contribution in [0, 0.1) is 5.92 Å². The number of rotatable bonds is 9. The summed E-state index contributed by atoms with van der Waals surface area (Å²) in [7, 11) is -4.11. The highest BCUT2D eigenvalue weighted by molar-refractivity contribution is 7.84. The van der Waals surface area contributed by atoms with Gasteiger partial charge >= 0.3 is 10.3 Å². The molecule has 0 radical (unpaired) electrons. The molecule has 1 aliphatic carbocycles. The van der Waals surface area contributed by atoms with Crippen molar-refractivity contribution >= 4 is 44.8 Å². The minimum atomic E-state index is -4.11. The Morgan fingerprint density at radius 3 is 2.91 bits per heavy atom. The first-order chi connectivity index (χ1) is 16.1. The van der Waals surface area contributed by atoms with Crippen LogP contribution < -0.4 is 10.5 Å². The van der Waals surface area contributed by atoms with Crippen LogP contribution in [0.25, 0.3) is 0 Å². The summed E-state index contributed by atoms with van der Waals surface area (Å²) in [5.41, 5.74) is 0.687. The van der Waals surface area contributed by atoms with Crippen LogP contribution >= 0.6 is 22.9 Å². The number of halogens is 1. The molecule has 0 aliphatic heterocycles. The van der Waals surface area contributed by atoms with Crippen LogP contribution in [0.15, 0.2) is 40.5 Å². The second kappa shape index (κ2) is 10.1. The molecule has 0 aromatic carbocycles. The molecule has 1 aliphatic rings. The summed E-state index contributed by atoms with van der Waals surface area (Å²) >= 11 is 6.92. The van der Waals surface area contributed by atoms with Crippen LogP contribution in [0.2, 0.25) is 5.22 Å². The predicted molar refractivity (Wildman–Crippen MR) is 123 cm³/mol. The van der Waals surface area contributed by atoms with Gasteiger partial charge in [0.05, 0.1) is 23.2 Å². The molecule has 0 amide bonds. The van der Waals surface area contributed by atoms with Crippen molar-refractivity contribution in [2.75, 3.05) is 11.9 Å². The third-order valence-electron chi connectivity index (χ3n) is 5.42. The number of ketones is 1. The van der Waals surface area contributed by atoms with E-state index in [1.54, 1.807) is 17.5 Å². The molecule has 0 spiro atoms. The van der Waals surface area contributed by atoms with Crippen LogP contribution in [0.1, 0.15) is 45.5 Å². The van der Waals surface area contributed by atoms with Crippen LogP contribution in [-0.2, 0) is 14.5 Å². The minimum Gasteiger partial charge on any atom is -0.447 e. The molecule has 0 unspecified atom stereocenters. The average Bonchev–Trinajstić information content (AvgIpc) is 3.51. The summed E-state index contributed by atoms with van der Waals surface area (Å²) in [6.07, 6.45) is 1.47. The molecule has 1 saturated carbocycles. The van der Waals surface area contributed by atoms with E-state index in [1.165, 1.54) is 18.6 Å². The van der Waals surface area contributed by atoms with Crippen molar-refractivity contribution in [1.82, 2.24) is 9.97 Å². The smallest absolute Gasteiger partial charge is 0.333 e. The number of nitrogens with one attached hydrogen (secondary N) is 1. The lowest BCUT2D eigenvalue weighted by Gasteiger charge is -2.15. The summed E-state index contributed by atoms with van der Waals surface area (Å²) in [4.78, 5) is 21.6. The molecule has 4 atom stereocenters. The number of aromatic nitrogens is 2. The SMILES string of the molecule is NS(=O)(=O)OC[C@H]1C[C@@H](Nc2ncncc2C(=O)c2cc([C@@H](O)c3ccc(Cl)o3)cs2)C[C@@H]1O. The number of thiophene rings is 1. The van der Waals surface area contributed by atoms with Gasteiger partial charge in [-0.15, -0.1) is 11.3 Å². The van der Waals surface area contributed by atoms with Gasteiger partial charge in [-0.1, -0.05) is 0 Å². The van der Waals surface area contributed by atoms with Gasteiger partial charge in [-0.3, -0.25) is 8.98 Å². The average molecular weight is 529 g/mol. The quantitative estimate of drug-likeness (QED) is 0.299. The lowest BCUT2D eigenvalue weighted by atomic mass is 10.1. The molecule has 11 nitrogen and oxygen atoms in total. The van der Waals surface area contributed by atoms with E-state index in [2.05, 4.69) is 19.5 Å². The molecule has 0 saturated heterocycles. The maximum Gasteiger partial charge on any atom is 0.333 e. The Morgan fingerprint density at radius 2 is 2.21 bits per heavy atom. The maximum atomic E-state index is 13.2. The zero-order chi connectivity index (χ0) is 24.5. The Balaban J connectivity index is 1.46. The largest absolute Gasteiger partial charge is 0.447 e. The number of hydrogen-bond donors (Lipinski definition) is 4. The third-order valence-corrected chi connectivity index (χ3v) is 7.04. The number of hydrogen-bond acceptors (Lipinski definition) is 11. The summed E-state index contributed by atoms with van der Waals surface area (Å²) in [6, 6.07) is 4.35. The van der Waals surface area contributed by atoms with Gasteiger partial charge in [0, 0.05) is 18.2 Å². The predicted octanol–water partition coefficient (Wildman–Crippen LogP) is 1.87. The van der Waals surface area contributed by atoms with Gasteiger partial charge in [-0.2, -0.15) is 8.42 Å². The first kappa shape index (κ1) is 24.7. The van der Waals surface area contributed by atoms with Gasteiger partial charge in [0.1, 0.15) is 24.0 Å². The first-order valence-electron chi connectivity index (χ1n) is 10.1. The number of anilines is 1. The van der Waals surface area contributed by atoms with Crippen molar-refractivity contribution in [2.45, 2.75) is 31.1 Å². The van der Waals surface area contributed by atoms with E-state index in [0.717, 1.165) is 11.3 Å². The second-order valence-electron chi connectivity index (χ2n) is 7.82. The Labute approximate surface area is 203 Å². The number of aliphatic hydroxyl groups excluding tert-OH is 2. The van der Waals surface area contributed by atoms with E-state index >= 15 is 0 Å². The molecule has 3 aromatic rings. The lowest BCUT2D eigenvalue weighted by molar-refractivity contribution is 0.101. The van der Waals surface area contributed by atoms with Crippen LogP contribution in [0.5, 0.6) is 0 Å². The molecule has 34 heavy (non-hydrogen) atoms. The highest BCUT2D eigenvalue weighted by Crippen LogP contribution is 2.32.